The molecule has 0 radical (unpaired) electrons. The first kappa shape index (κ1) is 22.7. The Morgan fingerprint density at radius 2 is 1.87 bits per heavy atom. The summed E-state index contributed by atoms with van der Waals surface area (Å²) in [5.74, 6) is -0.210. The first-order chi connectivity index (χ1) is 14.9. The van der Waals surface area contributed by atoms with E-state index in [4.69, 9.17) is 4.74 Å². The van der Waals surface area contributed by atoms with E-state index in [9.17, 15) is 18.0 Å². The van der Waals surface area contributed by atoms with Gasteiger partial charge in [-0.3, -0.25) is 14.6 Å². The fourth-order valence-electron chi connectivity index (χ4n) is 3.33. The largest absolute Gasteiger partial charge is 0.494 e. The summed E-state index contributed by atoms with van der Waals surface area (Å²) >= 11 is 0. The number of benzene rings is 1. The van der Waals surface area contributed by atoms with Crippen molar-refractivity contribution < 1.29 is 22.7 Å². The van der Waals surface area contributed by atoms with Crippen LogP contribution < -0.4 is 15.4 Å². The second-order valence-electron chi connectivity index (χ2n) is 7.09. The number of anilines is 1. The Kier molecular flexibility index (Phi) is 7.59. The first-order valence-corrected chi connectivity index (χ1v) is 11.5. The molecule has 9 nitrogen and oxygen atoms in total. The second kappa shape index (κ2) is 10.4. The Morgan fingerprint density at radius 3 is 2.48 bits per heavy atom. The number of rotatable bonds is 8. The van der Waals surface area contributed by atoms with E-state index in [1.54, 1.807) is 30.3 Å². The van der Waals surface area contributed by atoms with Gasteiger partial charge in [-0.2, -0.15) is 4.31 Å². The molecule has 3 rings (SSSR count). The van der Waals surface area contributed by atoms with Crippen molar-refractivity contribution in [1.82, 2.24) is 14.6 Å². The second-order valence-corrected chi connectivity index (χ2v) is 9.03. The molecule has 2 N–H and O–H groups in total. The van der Waals surface area contributed by atoms with E-state index in [2.05, 4.69) is 15.6 Å². The maximum absolute atomic E-state index is 12.6. The molecule has 0 saturated carbocycles. The zero-order chi connectivity index (χ0) is 22.3. The molecule has 31 heavy (non-hydrogen) atoms. The summed E-state index contributed by atoms with van der Waals surface area (Å²) in [6.07, 6.45) is 3.62. The summed E-state index contributed by atoms with van der Waals surface area (Å²) < 4.78 is 32.0. The summed E-state index contributed by atoms with van der Waals surface area (Å²) in [5.41, 5.74) is 0.608. The third-order valence-electron chi connectivity index (χ3n) is 4.97. The molecule has 0 unspecified atom stereocenters. The number of carbonyl (C=O) groups excluding carboxylic acids is 2. The van der Waals surface area contributed by atoms with Crippen molar-refractivity contribution >= 4 is 27.5 Å². The van der Waals surface area contributed by atoms with Crippen molar-refractivity contribution in [2.75, 3.05) is 31.6 Å². The number of piperidine rings is 1. The molecule has 1 aliphatic rings. The first-order valence-electron chi connectivity index (χ1n) is 10.1. The number of nitrogens with zero attached hydrogens (tertiary/aromatic N) is 2. The van der Waals surface area contributed by atoms with Crippen LogP contribution in [-0.4, -0.2) is 55.8 Å². The Balaban J connectivity index is 1.44. The number of sulfonamides is 1. The maximum Gasteiger partial charge on any atom is 0.244 e. The van der Waals surface area contributed by atoms with Crippen molar-refractivity contribution in [2.45, 2.75) is 24.7 Å². The van der Waals surface area contributed by atoms with Gasteiger partial charge in [-0.05, 0) is 56.2 Å². The average Bonchev–Trinajstić information content (AvgIpc) is 2.79. The molecule has 2 aromatic rings. The monoisotopic (exact) mass is 446 g/mol. The molecule has 1 aromatic carbocycles. The molecule has 0 bridgehead atoms. The van der Waals surface area contributed by atoms with Crippen molar-refractivity contribution in [3.8, 4) is 5.75 Å². The summed E-state index contributed by atoms with van der Waals surface area (Å²) in [5, 5.41) is 5.35. The molecule has 0 atom stereocenters. The normalized spacial score (nSPS) is 15.3. The predicted molar refractivity (Wildman–Crippen MR) is 115 cm³/mol. The zero-order valence-corrected chi connectivity index (χ0v) is 18.1. The van der Waals surface area contributed by atoms with Crippen molar-refractivity contribution in [3.63, 3.8) is 0 Å². The zero-order valence-electron chi connectivity index (χ0n) is 17.3. The number of hydrogen-bond acceptors (Lipinski definition) is 6. The molecule has 10 heteroatoms. The van der Waals surface area contributed by atoms with Gasteiger partial charge < -0.3 is 15.4 Å². The Labute approximate surface area is 181 Å². The van der Waals surface area contributed by atoms with Gasteiger partial charge in [0.05, 0.1) is 13.2 Å². The number of amides is 2. The molecule has 166 valence electrons. The lowest BCUT2D eigenvalue weighted by atomic mass is 9.97. The van der Waals surface area contributed by atoms with Gasteiger partial charge in [-0.15, -0.1) is 0 Å². The van der Waals surface area contributed by atoms with E-state index in [0.29, 0.717) is 30.9 Å². The highest BCUT2D eigenvalue weighted by atomic mass is 32.2. The van der Waals surface area contributed by atoms with Crippen LogP contribution in [0.15, 0.2) is 53.7 Å². The van der Waals surface area contributed by atoms with Gasteiger partial charge in [0.25, 0.3) is 0 Å². The van der Waals surface area contributed by atoms with Gasteiger partial charge in [0.1, 0.15) is 10.6 Å². The summed E-state index contributed by atoms with van der Waals surface area (Å²) in [4.78, 5) is 28.5. The van der Waals surface area contributed by atoms with Crippen LogP contribution in [0.4, 0.5) is 5.69 Å². The molecule has 1 fully saturated rings. The molecular formula is C21H26N4O5S. The third-order valence-corrected chi connectivity index (χ3v) is 6.85. The van der Waals surface area contributed by atoms with Crippen molar-refractivity contribution in [1.29, 1.82) is 0 Å². The lowest BCUT2D eigenvalue weighted by molar-refractivity contribution is -0.128. The molecule has 1 aliphatic heterocycles. The summed E-state index contributed by atoms with van der Waals surface area (Å²) in [6, 6.07) is 10.0. The highest BCUT2D eigenvalue weighted by Gasteiger charge is 2.32. The van der Waals surface area contributed by atoms with Gasteiger partial charge in [-0.1, -0.05) is 0 Å². The molecule has 2 amide bonds. The highest BCUT2D eigenvalue weighted by Crippen LogP contribution is 2.23. The molecule has 1 aromatic heterocycles. The summed E-state index contributed by atoms with van der Waals surface area (Å²) in [7, 11) is -3.61. The van der Waals surface area contributed by atoms with Crippen LogP contribution in [0.1, 0.15) is 19.8 Å². The van der Waals surface area contributed by atoms with E-state index < -0.39 is 10.0 Å². The number of hydrogen-bond donors (Lipinski definition) is 2. The van der Waals surface area contributed by atoms with Crippen LogP contribution in [0.25, 0.3) is 0 Å². The highest BCUT2D eigenvalue weighted by molar-refractivity contribution is 7.89. The Bertz CT molecular complexity index is 988. The third kappa shape index (κ3) is 6.02. The minimum Gasteiger partial charge on any atom is -0.494 e. The number of carbonyl (C=O) groups is 2. The van der Waals surface area contributed by atoms with Crippen LogP contribution in [0.2, 0.25) is 0 Å². The van der Waals surface area contributed by atoms with Gasteiger partial charge in [-0.25, -0.2) is 8.42 Å². The van der Waals surface area contributed by atoms with E-state index >= 15 is 0 Å². The number of nitrogens with one attached hydrogen (secondary N) is 2. The van der Waals surface area contributed by atoms with E-state index in [0.717, 1.165) is 0 Å². The quantitative estimate of drug-likeness (QED) is 0.637. The van der Waals surface area contributed by atoms with E-state index in [-0.39, 0.29) is 42.3 Å². The molecule has 2 heterocycles. The summed E-state index contributed by atoms with van der Waals surface area (Å²) in [6.45, 7) is 2.79. The van der Waals surface area contributed by atoms with Crippen LogP contribution in [0.3, 0.4) is 0 Å². The van der Waals surface area contributed by atoms with Gasteiger partial charge in [0.15, 0.2) is 0 Å². The SMILES string of the molecule is CCOc1ccc(NC(=O)CNC(=O)C2CCN(S(=O)(=O)c3cccnc3)CC2)cc1. The van der Waals surface area contributed by atoms with Crippen molar-refractivity contribution in [3.05, 3.63) is 48.8 Å². The van der Waals surface area contributed by atoms with Crippen LogP contribution in [-0.2, 0) is 19.6 Å². The van der Waals surface area contributed by atoms with Crippen LogP contribution >= 0.6 is 0 Å². The molecular weight excluding hydrogens is 420 g/mol. The van der Waals surface area contributed by atoms with E-state index in [1.165, 1.54) is 22.8 Å². The van der Waals surface area contributed by atoms with E-state index in [1.807, 2.05) is 6.92 Å². The maximum atomic E-state index is 12.6. The molecule has 0 aliphatic carbocycles. The smallest absolute Gasteiger partial charge is 0.244 e. The number of pyridine rings is 1. The fourth-order valence-corrected chi connectivity index (χ4v) is 4.76. The van der Waals surface area contributed by atoms with Gasteiger partial charge in [0.2, 0.25) is 21.8 Å². The molecule has 0 spiro atoms. The topological polar surface area (TPSA) is 118 Å². The van der Waals surface area contributed by atoms with Gasteiger partial charge >= 0.3 is 0 Å². The number of ether oxygens (including phenoxy) is 1. The predicted octanol–water partition coefficient (Wildman–Crippen LogP) is 1.64. The lowest BCUT2D eigenvalue weighted by Gasteiger charge is -2.30. The minimum absolute atomic E-state index is 0.142. The van der Waals surface area contributed by atoms with Gasteiger partial charge in [0, 0.05) is 37.1 Å². The Hall–Kier alpha value is -2.98. The lowest BCUT2D eigenvalue weighted by Crippen LogP contribution is -2.44. The molecule has 1 saturated heterocycles. The average molecular weight is 447 g/mol. The Morgan fingerprint density at radius 1 is 1.16 bits per heavy atom. The van der Waals surface area contributed by atoms with Crippen LogP contribution in [0.5, 0.6) is 5.75 Å². The minimum atomic E-state index is -3.61. The number of aromatic nitrogens is 1. The fraction of sp³-hybridized carbons (Fsp3) is 0.381. The standard InChI is InChI=1S/C21H26N4O5S/c1-2-30-18-7-5-17(6-8-18)24-20(26)15-23-21(27)16-9-12-25(13-10-16)31(28,29)19-4-3-11-22-14-19/h3-8,11,14,16H,2,9-10,12-13,15H2,1H3,(H,23,27)(H,24,26). The van der Waals surface area contributed by atoms with Crippen LogP contribution in [0, 0.1) is 5.92 Å². The van der Waals surface area contributed by atoms with Crippen molar-refractivity contribution in [2.24, 2.45) is 5.92 Å².